The zero-order valence-electron chi connectivity index (χ0n) is 12.8. The van der Waals surface area contributed by atoms with Gasteiger partial charge in [0.15, 0.2) is 0 Å². The smallest absolute Gasteiger partial charge is 0.223 e. The first-order valence-electron chi connectivity index (χ1n) is 7.53. The quantitative estimate of drug-likeness (QED) is 0.715. The van der Waals surface area contributed by atoms with Gasteiger partial charge in [-0.05, 0) is 51.1 Å². The number of rotatable bonds is 8. The maximum atomic E-state index is 11.8. The highest BCUT2D eigenvalue weighted by atomic mass is 16.5. The molecule has 2 rings (SSSR count). The normalized spacial score (nSPS) is 15.8. The third-order valence-corrected chi connectivity index (χ3v) is 3.89. The zero-order valence-corrected chi connectivity index (χ0v) is 12.8. The van der Waals surface area contributed by atoms with Crippen molar-refractivity contribution in [2.45, 2.75) is 38.3 Å². The van der Waals surface area contributed by atoms with Gasteiger partial charge in [-0.15, -0.1) is 0 Å². The Labute approximate surface area is 126 Å². The number of hydrogen-bond acceptors (Lipinski definition) is 4. The average molecular weight is 291 g/mol. The molecule has 1 fully saturated rings. The Morgan fingerprint density at radius 2 is 2.10 bits per heavy atom. The van der Waals surface area contributed by atoms with Crippen LogP contribution in [0.3, 0.4) is 0 Å². The van der Waals surface area contributed by atoms with Crippen LogP contribution in [0.25, 0.3) is 0 Å². The SMILES string of the molecule is CC(CNC(=O)CCOc1ccc(N)cc1)N(C)C1CC1. The highest BCUT2D eigenvalue weighted by molar-refractivity contribution is 5.76. The molecule has 1 aromatic carbocycles. The second-order valence-electron chi connectivity index (χ2n) is 5.72. The zero-order chi connectivity index (χ0) is 15.2. The second-order valence-corrected chi connectivity index (χ2v) is 5.72. The van der Waals surface area contributed by atoms with Crippen LogP contribution in [0.15, 0.2) is 24.3 Å². The molecule has 0 heterocycles. The summed E-state index contributed by atoms with van der Waals surface area (Å²) in [5, 5.41) is 2.96. The molecular weight excluding hydrogens is 266 g/mol. The van der Waals surface area contributed by atoms with E-state index in [4.69, 9.17) is 10.5 Å². The lowest BCUT2D eigenvalue weighted by Gasteiger charge is -2.24. The maximum Gasteiger partial charge on any atom is 0.223 e. The summed E-state index contributed by atoms with van der Waals surface area (Å²) in [7, 11) is 2.12. The summed E-state index contributed by atoms with van der Waals surface area (Å²) in [4.78, 5) is 14.1. The van der Waals surface area contributed by atoms with E-state index in [1.54, 1.807) is 24.3 Å². The molecule has 1 aliphatic carbocycles. The maximum absolute atomic E-state index is 11.8. The minimum Gasteiger partial charge on any atom is -0.493 e. The van der Waals surface area contributed by atoms with E-state index in [0.717, 1.165) is 5.75 Å². The number of nitrogens with one attached hydrogen (secondary N) is 1. The van der Waals surface area contributed by atoms with Gasteiger partial charge in [0, 0.05) is 24.3 Å². The van der Waals surface area contributed by atoms with Crippen LogP contribution in [0, 0.1) is 0 Å². The number of nitrogen functional groups attached to an aromatic ring is 1. The van der Waals surface area contributed by atoms with Gasteiger partial charge in [0.05, 0.1) is 13.0 Å². The average Bonchev–Trinajstić information content (AvgIpc) is 3.30. The van der Waals surface area contributed by atoms with E-state index >= 15 is 0 Å². The molecule has 5 heteroatoms. The summed E-state index contributed by atoms with van der Waals surface area (Å²) in [6, 6.07) is 8.26. The first-order valence-corrected chi connectivity index (χ1v) is 7.53. The van der Waals surface area contributed by atoms with Gasteiger partial charge in [0.25, 0.3) is 0 Å². The van der Waals surface area contributed by atoms with E-state index in [9.17, 15) is 4.79 Å². The highest BCUT2D eigenvalue weighted by Gasteiger charge is 2.28. The van der Waals surface area contributed by atoms with Gasteiger partial charge in [-0.25, -0.2) is 0 Å². The number of nitrogens with zero attached hydrogens (tertiary/aromatic N) is 1. The number of hydrogen-bond donors (Lipinski definition) is 2. The van der Waals surface area contributed by atoms with Gasteiger partial charge in [-0.3, -0.25) is 9.69 Å². The van der Waals surface area contributed by atoms with Gasteiger partial charge in [-0.2, -0.15) is 0 Å². The number of nitrogens with two attached hydrogens (primary N) is 1. The predicted molar refractivity (Wildman–Crippen MR) is 84.2 cm³/mol. The largest absolute Gasteiger partial charge is 0.493 e. The predicted octanol–water partition coefficient (Wildman–Crippen LogP) is 1.64. The molecule has 21 heavy (non-hydrogen) atoms. The van der Waals surface area contributed by atoms with Crippen LogP contribution >= 0.6 is 0 Å². The standard InChI is InChI=1S/C16H25N3O2/c1-12(19(2)14-5-6-14)11-18-16(20)9-10-21-15-7-3-13(17)4-8-15/h3-4,7-8,12,14H,5-6,9-11,17H2,1-2H3,(H,18,20). The van der Waals surface area contributed by atoms with Gasteiger partial charge in [0.2, 0.25) is 5.91 Å². The number of ether oxygens (including phenoxy) is 1. The number of carbonyl (C=O) groups is 1. The third kappa shape index (κ3) is 5.27. The molecule has 0 spiro atoms. The van der Waals surface area contributed by atoms with E-state index in [2.05, 4.69) is 24.2 Å². The van der Waals surface area contributed by atoms with E-state index < -0.39 is 0 Å². The van der Waals surface area contributed by atoms with E-state index in [-0.39, 0.29) is 5.91 Å². The van der Waals surface area contributed by atoms with Crippen molar-refractivity contribution in [3.8, 4) is 5.75 Å². The lowest BCUT2D eigenvalue weighted by Crippen LogP contribution is -2.41. The molecule has 3 N–H and O–H groups in total. The fourth-order valence-corrected chi connectivity index (χ4v) is 2.16. The highest BCUT2D eigenvalue weighted by Crippen LogP contribution is 2.26. The Kier molecular flexibility index (Phi) is 5.44. The van der Waals surface area contributed by atoms with E-state index in [1.165, 1.54) is 12.8 Å². The minimum absolute atomic E-state index is 0.0292. The summed E-state index contributed by atoms with van der Waals surface area (Å²) in [5.74, 6) is 0.764. The topological polar surface area (TPSA) is 67.6 Å². The lowest BCUT2D eigenvalue weighted by molar-refractivity contribution is -0.121. The fraction of sp³-hybridized carbons (Fsp3) is 0.562. The van der Waals surface area contributed by atoms with Crippen LogP contribution in [0.5, 0.6) is 5.75 Å². The first-order chi connectivity index (χ1) is 10.1. The van der Waals surface area contributed by atoms with Gasteiger partial charge < -0.3 is 15.8 Å². The molecule has 5 nitrogen and oxygen atoms in total. The van der Waals surface area contributed by atoms with Crippen molar-refractivity contribution >= 4 is 11.6 Å². The number of anilines is 1. The van der Waals surface area contributed by atoms with Crippen LogP contribution in [0.2, 0.25) is 0 Å². The van der Waals surface area contributed by atoms with Crippen LogP contribution in [0.1, 0.15) is 26.2 Å². The van der Waals surface area contributed by atoms with Crippen LogP contribution in [-0.4, -0.2) is 43.1 Å². The number of likely N-dealkylation sites (N-methyl/N-ethyl adjacent to an activating group) is 1. The summed E-state index contributed by atoms with van der Waals surface area (Å²) in [6.07, 6.45) is 2.93. The summed E-state index contributed by atoms with van der Waals surface area (Å²) < 4.78 is 5.51. The van der Waals surface area contributed by atoms with Crippen molar-refractivity contribution in [1.82, 2.24) is 10.2 Å². The molecule has 1 saturated carbocycles. The van der Waals surface area contributed by atoms with Crippen molar-refractivity contribution in [2.75, 3.05) is 25.9 Å². The summed E-state index contributed by atoms with van der Waals surface area (Å²) in [5.41, 5.74) is 6.30. The molecule has 1 aliphatic rings. The lowest BCUT2D eigenvalue weighted by atomic mass is 10.3. The van der Waals surface area contributed by atoms with Crippen molar-refractivity contribution in [3.63, 3.8) is 0 Å². The Balaban J connectivity index is 1.59. The fourth-order valence-electron chi connectivity index (χ4n) is 2.16. The van der Waals surface area contributed by atoms with Gasteiger partial charge in [-0.1, -0.05) is 0 Å². The second kappa shape index (κ2) is 7.31. The number of carbonyl (C=O) groups excluding carboxylic acids is 1. The third-order valence-electron chi connectivity index (χ3n) is 3.89. The van der Waals surface area contributed by atoms with Crippen molar-refractivity contribution < 1.29 is 9.53 Å². The first kappa shape index (κ1) is 15.6. The summed E-state index contributed by atoms with van der Waals surface area (Å²) in [6.45, 7) is 3.21. The van der Waals surface area contributed by atoms with Crippen molar-refractivity contribution in [1.29, 1.82) is 0 Å². The molecule has 1 amide bonds. The van der Waals surface area contributed by atoms with Gasteiger partial charge in [0.1, 0.15) is 5.75 Å². The van der Waals surface area contributed by atoms with E-state index in [0.29, 0.717) is 37.3 Å². The molecule has 116 valence electrons. The Morgan fingerprint density at radius 1 is 1.43 bits per heavy atom. The Hall–Kier alpha value is -1.75. The van der Waals surface area contributed by atoms with E-state index in [1.807, 2.05) is 0 Å². The molecule has 0 aromatic heterocycles. The minimum atomic E-state index is 0.0292. The summed E-state index contributed by atoms with van der Waals surface area (Å²) >= 11 is 0. The molecule has 0 aliphatic heterocycles. The number of amides is 1. The molecule has 1 aromatic rings. The molecule has 1 atom stereocenters. The van der Waals surface area contributed by atoms with Crippen LogP contribution < -0.4 is 15.8 Å². The monoisotopic (exact) mass is 291 g/mol. The molecular formula is C16H25N3O2. The van der Waals surface area contributed by atoms with Crippen molar-refractivity contribution in [2.24, 2.45) is 0 Å². The van der Waals surface area contributed by atoms with Crippen LogP contribution in [0.4, 0.5) is 5.69 Å². The van der Waals surface area contributed by atoms with Gasteiger partial charge >= 0.3 is 0 Å². The Morgan fingerprint density at radius 3 is 2.71 bits per heavy atom. The molecule has 0 bridgehead atoms. The number of benzene rings is 1. The Bertz CT molecular complexity index is 457. The molecule has 0 saturated heterocycles. The van der Waals surface area contributed by atoms with Crippen LogP contribution in [-0.2, 0) is 4.79 Å². The van der Waals surface area contributed by atoms with Crippen molar-refractivity contribution in [3.05, 3.63) is 24.3 Å². The molecule has 1 unspecified atom stereocenters. The molecule has 0 radical (unpaired) electrons.